The summed E-state index contributed by atoms with van der Waals surface area (Å²) < 4.78 is 16.2. The molecular weight excluding hydrogens is 396 g/mol. The van der Waals surface area contributed by atoms with Crippen LogP contribution >= 0.6 is 0 Å². The van der Waals surface area contributed by atoms with E-state index in [1.54, 1.807) is 38.5 Å². The van der Waals surface area contributed by atoms with Crippen molar-refractivity contribution >= 4 is 11.9 Å². The van der Waals surface area contributed by atoms with Gasteiger partial charge in [0.1, 0.15) is 6.10 Å². The van der Waals surface area contributed by atoms with Gasteiger partial charge in [0.05, 0.1) is 25.9 Å². The summed E-state index contributed by atoms with van der Waals surface area (Å²) >= 11 is 0. The first-order chi connectivity index (χ1) is 14.9. The molecule has 0 bridgehead atoms. The Morgan fingerprint density at radius 2 is 1.74 bits per heavy atom. The fourth-order valence-corrected chi connectivity index (χ4v) is 4.06. The molecule has 0 aromatic heterocycles. The molecule has 3 rings (SSSR count). The van der Waals surface area contributed by atoms with Gasteiger partial charge in [-0.2, -0.15) is 5.26 Å². The highest BCUT2D eigenvalue weighted by Crippen LogP contribution is 2.38. The topological polar surface area (TPSA) is 97.6 Å². The molecule has 1 fully saturated rings. The second kappa shape index (κ2) is 9.98. The van der Waals surface area contributed by atoms with E-state index in [4.69, 9.17) is 19.5 Å². The van der Waals surface area contributed by atoms with Gasteiger partial charge >= 0.3 is 5.97 Å². The molecule has 0 spiro atoms. The van der Waals surface area contributed by atoms with Gasteiger partial charge < -0.3 is 19.5 Å². The number of esters is 1. The largest absolute Gasteiger partial charge is 0.493 e. The Balaban J connectivity index is 1.85. The van der Waals surface area contributed by atoms with Crippen molar-refractivity contribution in [3.63, 3.8) is 0 Å². The van der Waals surface area contributed by atoms with E-state index in [1.165, 1.54) is 6.92 Å². The molecule has 3 unspecified atom stereocenters. The van der Waals surface area contributed by atoms with Crippen LogP contribution < -0.4 is 14.8 Å². The summed E-state index contributed by atoms with van der Waals surface area (Å²) in [4.78, 5) is 24.4. The highest BCUT2D eigenvalue weighted by atomic mass is 16.5. The van der Waals surface area contributed by atoms with E-state index >= 15 is 0 Å². The normalized spacial score (nSPS) is 20.3. The van der Waals surface area contributed by atoms with Crippen molar-refractivity contribution in [1.82, 2.24) is 5.32 Å². The molecular formula is C24H26N2O5. The van der Waals surface area contributed by atoms with Crippen LogP contribution in [-0.2, 0) is 9.53 Å². The molecule has 1 aliphatic rings. The number of hydrogen-bond donors (Lipinski definition) is 1. The minimum atomic E-state index is -0.327. The summed E-state index contributed by atoms with van der Waals surface area (Å²) in [5.41, 5.74) is 1.98. The molecule has 0 aliphatic heterocycles. The second-order valence-corrected chi connectivity index (χ2v) is 7.53. The van der Waals surface area contributed by atoms with Crippen molar-refractivity contribution < 1.29 is 23.8 Å². The third-order valence-corrected chi connectivity index (χ3v) is 5.56. The number of nitriles is 1. The Kier molecular flexibility index (Phi) is 7.14. The lowest BCUT2D eigenvalue weighted by Crippen LogP contribution is -2.45. The van der Waals surface area contributed by atoms with Gasteiger partial charge in [-0.15, -0.1) is 0 Å². The van der Waals surface area contributed by atoms with Crippen LogP contribution in [0.4, 0.5) is 0 Å². The number of carbonyl (C=O) groups excluding carboxylic acids is 2. The van der Waals surface area contributed by atoms with Crippen LogP contribution in [0, 0.1) is 11.3 Å². The van der Waals surface area contributed by atoms with Crippen molar-refractivity contribution in [3.05, 3.63) is 59.2 Å². The molecule has 1 N–H and O–H groups in total. The van der Waals surface area contributed by atoms with Gasteiger partial charge in [0.2, 0.25) is 0 Å². The fourth-order valence-electron chi connectivity index (χ4n) is 4.06. The molecule has 7 nitrogen and oxygen atoms in total. The highest BCUT2D eigenvalue weighted by Gasteiger charge is 2.34. The maximum absolute atomic E-state index is 12.9. The SMILES string of the molecule is COc1ccc(C2CCC(OC(C)=O)CC2NC(=O)c2ccc(C#N)cc2)cc1OC. The number of amides is 1. The lowest BCUT2D eigenvalue weighted by Gasteiger charge is -2.36. The van der Waals surface area contributed by atoms with Crippen LogP contribution in [0.3, 0.4) is 0 Å². The van der Waals surface area contributed by atoms with Crippen LogP contribution in [0.15, 0.2) is 42.5 Å². The van der Waals surface area contributed by atoms with Crippen LogP contribution in [-0.4, -0.2) is 38.2 Å². The van der Waals surface area contributed by atoms with Crippen molar-refractivity contribution in [2.75, 3.05) is 14.2 Å². The predicted molar refractivity (Wildman–Crippen MR) is 114 cm³/mol. The second-order valence-electron chi connectivity index (χ2n) is 7.53. The summed E-state index contributed by atoms with van der Waals surface area (Å²) in [6.45, 7) is 1.39. The minimum Gasteiger partial charge on any atom is -0.493 e. The zero-order valence-electron chi connectivity index (χ0n) is 17.9. The maximum Gasteiger partial charge on any atom is 0.302 e. The van der Waals surface area contributed by atoms with Crippen molar-refractivity contribution in [1.29, 1.82) is 5.26 Å². The van der Waals surface area contributed by atoms with Crippen molar-refractivity contribution in [3.8, 4) is 17.6 Å². The summed E-state index contributed by atoms with van der Waals surface area (Å²) in [6.07, 6.45) is 1.72. The van der Waals surface area contributed by atoms with Crippen molar-refractivity contribution in [2.45, 2.75) is 44.2 Å². The minimum absolute atomic E-state index is 0.0222. The molecule has 0 radical (unpaired) electrons. The predicted octanol–water partition coefficient (Wildman–Crippen LogP) is 3.57. The molecule has 2 aromatic carbocycles. The maximum atomic E-state index is 12.9. The van der Waals surface area contributed by atoms with Crippen molar-refractivity contribution in [2.24, 2.45) is 0 Å². The van der Waals surface area contributed by atoms with E-state index in [0.29, 0.717) is 35.5 Å². The van der Waals surface area contributed by atoms with E-state index in [-0.39, 0.29) is 29.9 Å². The first-order valence-corrected chi connectivity index (χ1v) is 10.1. The van der Waals surface area contributed by atoms with E-state index in [0.717, 1.165) is 12.0 Å². The number of nitrogens with one attached hydrogen (secondary N) is 1. The Hall–Kier alpha value is -3.53. The van der Waals surface area contributed by atoms with Gasteiger partial charge in [-0.25, -0.2) is 0 Å². The average molecular weight is 422 g/mol. The quantitative estimate of drug-likeness (QED) is 0.715. The van der Waals surface area contributed by atoms with E-state index < -0.39 is 0 Å². The molecule has 162 valence electrons. The van der Waals surface area contributed by atoms with E-state index in [2.05, 4.69) is 5.32 Å². The van der Waals surface area contributed by atoms with Crippen LogP contribution in [0.25, 0.3) is 0 Å². The van der Waals surface area contributed by atoms with Gasteiger partial charge in [0.25, 0.3) is 5.91 Å². The van der Waals surface area contributed by atoms with E-state index in [1.807, 2.05) is 24.3 Å². The number of benzene rings is 2. The van der Waals surface area contributed by atoms with Crippen LogP contribution in [0.2, 0.25) is 0 Å². The standard InChI is InChI=1S/C24H26N2O5/c1-15(27)31-19-9-10-20(18-8-11-22(29-2)23(12-18)30-3)21(13-19)26-24(28)17-6-4-16(14-25)5-7-17/h4-8,11-12,19-21H,9-10,13H2,1-3H3,(H,26,28). The Labute approximate surface area is 181 Å². The Morgan fingerprint density at radius 3 is 2.35 bits per heavy atom. The molecule has 1 amide bonds. The smallest absolute Gasteiger partial charge is 0.302 e. The van der Waals surface area contributed by atoms with Gasteiger partial charge in [0.15, 0.2) is 11.5 Å². The van der Waals surface area contributed by atoms with Gasteiger partial charge in [0, 0.05) is 30.9 Å². The highest BCUT2D eigenvalue weighted by molar-refractivity contribution is 5.94. The summed E-state index contributed by atoms with van der Waals surface area (Å²) in [6, 6.07) is 14.0. The van der Waals surface area contributed by atoms with Crippen LogP contribution in [0.1, 0.15) is 53.6 Å². The summed E-state index contributed by atoms with van der Waals surface area (Å²) in [5, 5.41) is 12.1. The van der Waals surface area contributed by atoms with Gasteiger partial charge in [-0.3, -0.25) is 9.59 Å². The number of ether oxygens (including phenoxy) is 3. The summed E-state index contributed by atoms with van der Waals surface area (Å²) in [5.74, 6) is 0.724. The molecule has 1 aliphatic carbocycles. The number of hydrogen-bond acceptors (Lipinski definition) is 6. The Bertz CT molecular complexity index is 980. The molecule has 2 aromatic rings. The fraction of sp³-hybridized carbons (Fsp3) is 0.375. The molecule has 0 saturated heterocycles. The first-order valence-electron chi connectivity index (χ1n) is 10.1. The van der Waals surface area contributed by atoms with E-state index in [9.17, 15) is 9.59 Å². The molecule has 1 saturated carbocycles. The first kappa shape index (κ1) is 22.2. The number of rotatable bonds is 6. The monoisotopic (exact) mass is 422 g/mol. The molecule has 31 heavy (non-hydrogen) atoms. The lowest BCUT2D eigenvalue weighted by atomic mass is 9.78. The zero-order valence-corrected chi connectivity index (χ0v) is 17.9. The molecule has 7 heteroatoms. The number of nitrogens with zero attached hydrogens (tertiary/aromatic N) is 1. The molecule has 0 heterocycles. The van der Waals surface area contributed by atoms with Crippen LogP contribution in [0.5, 0.6) is 11.5 Å². The van der Waals surface area contributed by atoms with Gasteiger partial charge in [-0.05, 0) is 54.8 Å². The lowest BCUT2D eigenvalue weighted by molar-refractivity contribution is -0.148. The summed E-state index contributed by atoms with van der Waals surface area (Å²) in [7, 11) is 3.17. The average Bonchev–Trinajstić information content (AvgIpc) is 2.78. The zero-order chi connectivity index (χ0) is 22.4. The number of methoxy groups -OCH3 is 2. The van der Waals surface area contributed by atoms with Gasteiger partial charge in [-0.1, -0.05) is 6.07 Å². The number of carbonyl (C=O) groups is 2. The Morgan fingerprint density at radius 1 is 1.03 bits per heavy atom. The third-order valence-electron chi connectivity index (χ3n) is 5.56. The molecule has 3 atom stereocenters. The third kappa shape index (κ3) is 5.34.